The van der Waals surface area contributed by atoms with E-state index in [1.165, 1.54) is 180 Å². The Bertz CT molecular complexity index is 1870. The molecule has 0 fully saturated rings. The molecule has 0 aromatic heterocycles. The SMILES string of the molecule is CCC(C)CCCCCCCCC(=O)OC[C@H](COP(=O)(O)OC[C@H](O)COP(=O)(O)OC[C@@H](COC(=O)CCCCCCCCCCCCCC(C)C)OC(=O)CCCCCCCCCCCCCCCC(C)C)OC(=O)CCCCCCCCCCCCCCC(C)C. The van der Waals surface area contributed by atoms with Crippen molar-refractivity contribution >= 4 is 39.5 Å². The minimum absolute atomic E-state index is 0.106. The van der Waals surface area contributed by atoms with Gasteiger partial charge >= 0.3 is 39.5 Å². The number of unbranched alkanes of at least 4 members (excludes halogenated alkanes) is 38. The first-order valence-corrected chi connectivity index (χ1v) is 42.2. The summed E-state index contributed by atoms with van der Waals surface area (Å²) in [6.07, 6.45) is 49.9. The Labute approximate surface area is 581 Å². The summed E-state index contributed by atoms with van der Waals surface area (Å²) in [6, 6.07) is 0. The molecule has 0 aliphatic heterocycles. The van der Waals surface area contributed by atoms with Crippen LogP contribution in [0.1, 0.15) is 383 Å². The van der Waals surface area contributed by atoms with Gasteiger partial charge in [-0.1, -0.05) is 331 Å². The minimum atomic E-state index is -4.96. The molecule has 0 aromatic carbocycles. The Kier molecular flexibility index (Phi) is 64.0. The van der Waals surface area contributed by atoms with Gasteiger partial charge < -0.3 is 33.8 Å². The van der Waals surface area contributed by atoms with Gasteiger partial charge in [-0.3, -0.25) is 37.3 Å². The highest BCUT2D eigenvalue weighted by Gasteiger charge is 2.30. The Hall–Kier alpha value is -1.94. The zero-order chi connectivity index (χ0) is 70.3. The van der Waals surface area contributed by atoms with E-state index in [1.807, 2.05) is 0 Å². The molecule has 0 aliphatic rings. The molecular formula is C76H148O17P2. The second-order valence-electron chi connectivity index (χ2n) is 29.1. The third-order valence-corrected chi connectivity index (χ3v) is 19.8. The molecule has 0 spiro atoms. The minimum Gasteiger partial charge on any atom is -0.462 e. The maximum absolute atomic E-state index is 13.1. The monoisotopic (exact) mass is 1400 g/mol. The van der Waals surface area contributed by atoms with Crippen molar-refractivity contribution in [3.8, 4) is 0 Å². The largest absolute Gasteiger partial charge is 0.472 e. The molecule has 19 heteroatoms. The number of carbonyl (C=O) groups excluding carboxylic acids is 4. The molecule has 0 amide bonds. The van der Waals surface area contributed by atoms with Gasteiger partial charge in [0.2, 0.25) is 0 Å². The lowest BCUT2D eigenvalue weighted by atomic mass is 10.00. The van der Waals surface area contributed by atoms with E-state index < -0.39 is 97.5 Å². The fraction of sp³-hybridized carbons (Fsp3) is 0.947. The zero-order valence-electron chi connectivity index (χ0n) is 62.3. The first kappa shape index (κ1) is 93.1. The lowest BCUT2D eigenvalue weighted by Crippen LogP contribution is -2.30. The highest BCUT2D eigenvalue weighted by Crippen LogP contribution is 2.45. The van der Waals surface area contributed by atoms with Gasteiger partial charge in [0.25, 0.3) is 0 Å². The number of hydrogen-bond donors (Lipinski definition) is 3. The van der Waals surface area contributed by atoms with Gasteiger partial charge in [0.15, 0.2) is 12.2 Å². The highest BCUT2D eigenvalue weighted by atomic mass is 31.2. The number of esters is 4. The number of aliphatic hydroxyl groups excluding tert-OH is 1. The van der Waals surface area contributed by atoms with Crippen molar-refractivity contribution in [1.82, 2.24) is 0 Å². The van der Waals surface area contributed by atoms with Crippen LogP contribution < -0.4 is 0 Å². The van der Waals surface area contributed by atoms with Crippen LogP contribution in [0.4, 0.5) is 0 Å². The van der Waals surface area contributed by atoms with Gasteiger partial charge in [0.1, 0.15) is 19.3 Å². The van der Waals surface area contributed by atoms with Crippen LogP contribution in [0.3, 0.4) is 0 Å². The molecule has 6 atom stereocenters. The Morgan fingerprint density at radius 1 is 0.295 bits per heavy atom. The van der Waals surface area contributed by atoms with E-state index in [0.29, 0.717) is 25.7 Å². The number of ether oxygens (including phenoxy) is 4. The summed E-state index contributed by atoms with van der Waals surface area (Å²) in [5, 5.41) is 10.6. The summed E-state index contributed by atoms with van der Waals surface area (Å²) in [5.41, 5.74) is 0. The Balaban J connectivity index is 5.26. The van der Waals surface area contributed by atoms with E-state index in [2.05, 4.69) is 55.4 Å². The number of hydrogen-bond acceptors (Lipinski definition) is 15. The Morgan fingerprint density at radius 3 is 0.747 bits per heavy atom. The summed E-state index contributed by atoms with van der Waals surface area (Å²) in [5.74, 6) is 0.944. The van der Waals surface area contributed by atoms with Crippen LogP contribution in [0.15, 0.2) is 0 Å². The normalized spacial score (nSPS) is 14.4. The van der Waals surface area contributed by atoms with Crippen LogP contribution in [-0.4, -0.2) is 96.7 Å². The molecule has 95 heavy (non-hydrogen) atoms. The maximum atomic E-state index is 13.1. The molecule has 0 saturated heterocycles. The molecule has 3 N–H and O–H groups in total. The van der Waals surface area contributed by atoms with Crippen molar-refractivity contribution in [2.45, 2.75) is 401 Å². The summed E-state index contributed by atoms with van der Waals surface area (Å²) in [6.45, 7) is 14.2. The molecule has 0 saturated carbocycles. The molecule has 17 nitrogen and oxygen atoms in total. The third-order valence-electron chi connectivity index (χ3n) is 17.9. The van der Waals surface area contributed by atoms with Gasteiger partial charge in [0.05, 0.1) is 26.4 Å². The van der Waals surface area contributed by atoms with Crippen LogP contribution in [0.25, 0.3) is 0 Å². The first-order chi connectivity index (χ1) is 45.6. The number of phosphoric ester groups is 2. The van der Waals surface area contributed by atoms with Gasteiger partial charge in [-0.2, -0.15) is 0 Å². The van der Waals surface area contributed by atoms with E-state index in [-0.39, 0.29) is 25.7 Å². The van der Waals surface area contributed by atoms with Crippen molar-refractivity contribution in [1.29, 1.82) is 0 Å². The summed E-state index contributed by atoms with van der Waals surface area (Å²) >= 11 is 0. The van der Waals surface area contributed by atoms with E-state index in [0.717, 1.165) is 120 Å². The summed E-state index contributed by atoms with van der Waals surface area (Å²) in [4.78, 5) is 72.8. The van der Waals surface area contributed by atoms with Crippen LogP contribution in [0, 0.1) is 23.7 Å². The van der Waals surface area contributed by atoms with Crippen LogP contribution in [0.5, 0.6) is 0 Å². The second kappa shape index (κ2) is 65.4. The number of rotatable bonds is 73. The van der Waals surface area contributed by atoms with Crippen LogP contribution in [-0.2, 0) is 65.4 Å². The summed E-state index contributed by atoms with van der Waals surface area (Å²) in [7, 11) is -9.91. The van der Waals surface area contributed by atoms with Crippen molar-refractivity contribution < 1.29 is 80.2 Å². The fourth-order valence-corrected chi connectivity index (χ4v) is 13.1. The zero-order valence-corrected chi connectivity index (χ0v) is 64.1. The quantitative estimate of drug-likeness (QED) is 0.0222. The predicted octanol–water partition coefficient (Wildman–Crippen LogP) is 22.0. The number of aliphatic hydroxyl groups is 1. The van der Waals surface area contributed by atoms with Crippen LogP contribution >= 0.6 is 15.6 Å². The fourth-order valence-electron chi connectivity index (χ4n) is 11.5. The van der Waals surface area contributed by atoms with Gasteiger partial charge in [-0.25, -0.2) is 9.13 Å². The average Bonchev–Trinajstić information content (AvgIpc) is 3.37. The number of phosphoric acid groups is 2. The van der Waals surface area contributed by atoms with Gasteiger partial charge in [-0.05, 0) is 49.4 Å². The van der Waals surface area contributed by atoms with E-state index >= 15 is 0 Å². The predicted molar refractivity (Wildman–Crippen MR) is 386 cm³/mol. The third kappa shape index (κ3) is 69.0. The van der Waals surface area contributed by atoms with E-state index in [9.17, 15) is 43.2 Å². The molecule has 0 bridgehead atoms. The maximum Gasteiger partial charge on any atom is 0.472 e. The topological polar surface area (TPSA) is 237 Å². The lowest BCUT2D eigenvalue weighted by Gasteiger charge is -2.21. The molecule has 3 unspecified atom stereocenters. The van der Waals surface area contributed by atoms with Crippen molar-refractivity contribution in [3.05, 3.63) is 0 Å². The van der Waals surface area contributed by atoms with Gasteiger partial charge in [0, 0.05) is 25.7 Å². The Morgan fingerprint density at radius 2 is 0.505 bits per heavy atom. The van der Waals surface area contributed by atoms with E-state index in [1.54, 1.807) is 0 Å². The first-order valence-electron chi connectivity index (χ1n) is 39.2. The molecule has 0 heterocycles. The lowest BCUT2D eigenvalue weighted by molar-refractivity contribution is -0.161. The van der Waals surface area contributed by atoms with Crippen molar-refractivity contribution in [3.63, 3.8) is 0 Å². The molecule has 0 aromatic rings. The molecule has 0 aliphatic carbocycles. The summed E-state index contributed by atoms with van der Waals surface area (Å²) < 4.78 is 68.5. The van der Waals surface area contributed by atoms with Gasteiger partial charge in [-0.15, -0.1) is 0 Å². The number of carbonyl (C=O) groups is 4. The second-order valence-corrected chi connectivity index (χ2v) is 32.0. The highest BCUT2D eigenvalue weighted by molar-refractivity contribution is 7.47. The molecular weight excluding hydrogens is 1250 g/mol. The van der Waals surface area contributed by atoms with Crippen molar-refractivity contribution in [2.75, 3.05) is 39.6 Å². The van der Waals surface area contributed by atoms with Crippen LogP contribution in [0.2, 0.25) is 0 Å². The van der Waals surface area contributed by atoms with Crippen molar-refractivity contribution in [2.24, 2.45) is 23.7 Å². The van der Waals surface area contributed by atoms with E-state index in [4.69, 9.17) is 37.0 Å². The standard InChI is InChI=1S/C76H148O17P2/c1-9-69(8)55-47-39-34-35-41-49-57-74(79)87-63-72(93-76(81)59-51-43-33-27-20-14-13-17-23-29-37-45-53-67(4)5)65-91-95(84,85)89-61-70(77)60-88-94(82,83)90-64-71(62-86-73(78)56-48-40-31-25-21-15-18-24-30-38-46-54-68(6)7)92-75(80)58-50-42-32-26-19-12-10-11-16-22-28-36-44-52-66(2)3/h66-72,77H,9-65H2,1-8H3,(H,82,83)(H,84,85)/t69?,70-,71-,72-/m1/s1. The smallest absolute Gasteiger partial charge is 0.462 e. The average molecular weight is 1400 g/mol. The molecule has 0 radical (unpaired) electrons. The molecule has 0 rings (SSSR count). The molecule has 564 valence electrons.